The van der Waals surface area contributed by atoms with Crippen molar-refractivity contribution in [3.8, 4) is 0 Å². The molecule has 114 valence electrons. The van der Waals surface area contributed by atoms with Gasteiger partial charge in [0.25, 0.3) is 0 Å². The molecule has 1 amide bonds. The first-order valence-electron chi connectivity index (χ1n) is 7.30. The number of benzene rings is 1. The summed E-state index contributed by atoms with van der Waals surface area (Å²) in [7, 11) is 0. The second-order valence-corrected chi connectivity index (χ2v) is 5.96. The Labute approximate surface area is 128 Å². The Bertz CT molecular complexity index is 662. The van der Waals surface area contributed by atoms with Crippen LogP contribution < -0.4 is 5.32 Å². The van der Waals surface area contributed by atoms with Gasteiger partial charge in [-0.3, -0.25) is 14.4 Å². The van der Waals surface area contributed by atoms with Gasteiger partial charge in [0, 0.05) is 11.3 Å². The Kier molecular flexibility index (Phi) is 3.56. The maximum Gasteiger partial charge on any atom is 0.307 e. The molecule has 1 fully saturated rings. The molecule has 2 N–H and O–H groups in total. The van der Waals surface area contributed by atoms with Crippen molar-refractivity contribution in [3.63, 3.8) is 0 Å². The highest BCUT2D eigenvalue weighted by atomic mass is 16.4. The van der Waals surface area contributed by atoms with E-state index in [0.29, 0.717) is 11.3 Å². The van der Waals surface area contributed by atoms with E-state index in [1.165, 1.54) is 6.92 Å². The van der Waals surface area contributed by atoms with E-state index in [1.54, 1.807) is 24.3 Å². The van der Waals surface area contributed by atoms with Crippen LogP contribution in [0.4, 0.5) is 5.69 Å². The van der Waals surface area contributed by atoms with Crippen LogP contribution in [0.15, 0.2) is 36.4 Å². The number of carboxylic acids is 1. The molecule has 1 saturated carbocycles. The summed E-state index contributed by atoms with van der Waals surface area (Å²) in [6, 6.07) is 6.61. The van der Waals surface area contributed by atoms with Crippen LogP contribution in [0.3, 0.4) is 0 Å². The van der Waals surface area contributed by atoms with Gasteiger partial charge in [0.1, 0.15) is 0 Å². The van der Waals surface area contributed by atoms with Crippen molar-refractivity contribution < 1.29 is 19.5 Å². The van der Waals surface area contributed by atoms with Gasteiger partial charge in [0.05, 0.1) is 11.8 Å². The van der Waals surface area contributed by atoms with Crippen molar-refractivity contribution in [2.75, 3.05) is 5.32 Å². The van der Waals surface area contributed by atoms with Gasteiger partial charge in [-0.2, -0.15) is 0 Å². The number of carbonyl (C=O) groups excluding carboxylic acids is 2. The monoisotopic (exact) mass is 299 g/mol. The Balaban J connectivity index is 1.75. The average Bonchev–Trinajstić information content (AvgIpc) is 3.08. The first kappa shape index (κ1) is 14.5. The third-order valence-corrected chi connectivity index (χ3v) is 4.61. The van der Waals surface area contributed by atoms with Crippen LogP contribution in [0, 0.1) is 23.7 Å². The Morgan fingerprint density at radius 1 is 1.05 bits per heavy atom. The number of aliphatic carboxylic acids is 1. The number of amides is 1. The van der Waals surface area contributed by atoms with Crippen LogP contribution >= 0.6 is 0 Å². The number of carbonyl (C=O) groups is 3. The summed E-state index contributed by atoms with van der Waals surface area (Å²) in [5, 5.41) is 12.1. The van der Waals surface area contributed by atoms with E-state index in [2.05, 4.69) is 5.32 Å². The minimum Gasteiger partial charge on any atom is -0.481 e. The molecule has 1 aromatic carbocycles. The molecule has 0 unspecified atom stereocenters. The topological polar surface area (TPSA) is 83.5 Å². The quantitative estimate of drug-likeness (QED) is 0.660. The second kappa shape index (κ2) is 5.40. The molecule has 2 aliphatic carbocycles. The number of carboxylic acid groups (broad SMARTS) is 1. The fraction of sp³-hybridized carbons (Fsp3) is 0.353. The molecule has 5 heteroatoms. The van der Waals surface area contributed by atoms with Crippen molar-refractivity contribution in [2.45, 2.75) is 13.3 Å². The molecule has 0 aromatic heterocycles. The summed E-state index contributed by atoms with van der Waals surface area (Å²) >= 11 is 0. The molecular weight excluding hydrogens is 282 g/mol. The van der Waals surface area contributed by atoms with Crippen LogP contribution in [0.5, 0.6) is 0 Å². The molecule has 0 spiro atoms. The molecule has 2 aliphatic rings. The molecule has 0 saturated heterocycles. The van der Waals surface area contributed by atoms with E-state index >= 15 is 0 Å². The Hall–Kier alpha value is -2.43. The van der Waals surface area contributed by atoms with Crippen molar-refractivity contribution in [1.82, 2.24) is 0 Å². The normalized spacial score (nSPS) is 28.6. The van der Waals surface area contributed by atoms with Crippen LogP contribution in [0.1, 0.15) is 23.7 Å². The Morgan fingerprint density at radius 2 is 1.64 bits per heavy atom. The van der Waals surface area contributed by atoms with Crippen LogP contribution in [-0.4, -0.2) is 22.8 Å². The van der Waals surface area contributed by atoms with Gasteiger partial charge >= 0.3 is 5.97 Å². The number of hydrogen-bond acceptors (Lipinski definition) is 3. The lowest BCUT2D eigenvalue weighted by atomic mass is 9.82. The molecule has 1 aromatic rings. The molecule has 22 heavy (non-hydrogen) atoms. The number of hydrogen-bond donors (Lipinski definition) is 2. The van der Waals surface area contributed by atoms with Gasteiger partial charge in [-0.05, 0) is 49.4 Å². The zero-order valence-corrected chi connectivity index (χ0v) is 12.2. The largest absolute Gasteiger partial charge is 0.481 e. The van der Waals surface area contributed by atoms with Crippen LogP contribution in [-0.2, 0) is 9.59 Å². The summed E-state index contributed by atoms with van der Waals surface area (Å²) in [6.07, 6.45) is 4.60. The summed E-state index contributed by atoms with van der Waals surface area (Å²) in [4.78, 5) is 35.1. The predicted octanol–water partition coefficient (Wildman–Crippen LogP) is 2.35. The number of nitrogens with one attached hydrogen (secondary N) is 1. The van der Waals surface area contributed by atoms with Gasteiger partial charge in [-0.1, -0.05) is 12.2 Å². The summed E-state index contributed by atoms with van der Waals surface area (Å²) < 4.78 is 0. The van der Waals surface area contributed by atoms with Crippen molar-refractivity contribution in [3.05, 3.63) is 42.0 Å². The fourth-order valence-corrected chi connectivity index (χ4v) is 3.53. The number of Topliss-reactive ketones (excluding diaryl/α,β-unsaturated/α-hetero) is 1. The summed E-state index contributed by atoms with van der Waals surface area (Å²) in [5.41, 5.74) is 1.15. The molecule has 4 atom stereocenters. The third kappa shape index (κ3) is 2.43. The van der Waals surface area contributed by atoms with Crippen LogP contribution in [0.25, 0.3) is 0 Å². The van der Waals surface area contributed by atoms with Crippen molar-refractivity contribution >= 4 is 23.3 Å². The summed E-state index contributed by atoms with van der Waals surface area (Å²) in [5.74, 6) is -2.43. The molecule has 0 aliphatic heterocycles. The molecule has 3 rings (SSSR count). The Morgan fingerprint density at radius 3 is 2.18 bits per heavy atom. The average molecular weight is 299 g/mol. The van der Waals surface area contributed by atoms with Crippen molar-refractivity contribution in [2.24, 2.45) is 23.7 Å². The lowest BCUT2D eigenvalue weighted by molar-refractivity contribution is -0.146. The first-order valence-corrected chi connectivity index (χ1v) is 7.30. The molecular formula is C17H17NO4. The third-order valence-electron chi connectivity index (χ3n) is 4.61. The molecule has 5 nitrogen and oxygen atoms in total. The fourth-order valence-electron chi connectivity index (χ4n) is 3.53. The van der Waals surface area contributed by atoms with Crippen molar-refractivity contribution in [1.29, 1.82) is 0 Å². The number of fused-ring (bicyclic) bond motifs is 2. The van der Waals surface area contributed by atoms with Crippen LogP contribution in [0.2, 0.25) is 0 Å². The van der Waals surface area contributed by atoms with Gasteiger partial charge in [-0.15, -0.1) is 0 Å². The van der Waals surface area contributed by atoms with E-state index < -0.39 is 17.8 Å². The van der Waals surface area contributed by atoms with Gasteiger partial charge < -0.3 is 10.4 Å². The van der Waals surface area contributed by atoms with Gasteiger partial charge in [0.2, 0.25) is 5.91 Å². The predicted molar refractivity (Wildman–Crippen MR) is 80.4 cm³/mol. The molecule has 2 bridgehead atoms. The van der Waals surface area contributed by atoms with Gasteiger partial charge in [0.15, 0.2) is 5.78 Å². The van der Waals surface area contributed by atoms with Gasteiger partial charge in [-0.25, -0.2) is 0 Å². The minimum atomic E-state index is -0.913. The first-order chi connectivity index (χ1) is 10.5. The number of anilines is 1. The zero-order chi connectivity index (χ0) is 15.9. The highest BCUT2D eigenvalue weighted by molar-refractivity contribution is 5.98. The van der Waals surface area contributed by atoms with E-state index in [-0.39, 0.29) is 23.5 Å². The minimum absolute atomic E-state index is 0.00240. The van der Waals surface area contributed by atoms with E-state index in [9.17, 15) is 19.5 Å². The number of allylic oxidation sites excluding steroid dienone is 2. The molecule has 0 radical (unpaired) electrons. The molecule has 0 heterocycles. The van der Waals surface area contributed by atoms with E-state index in [4.69, 9.17) is 0 Å². The summed E-state index contributed by atoms with van der Waals surface area (Å²) in [6.45, 7) is 1.48. The smallest absolute Gasteiger partial charge is 0.307 e. The maximum atomic E-state index is 12.5. The maximum absolute atomic E-state index is 12.5. The van der Waals surface area contributed by atoms with E-state index in [1.807, 2.05) is 12.2 Å². The lowest BCUT2D eigenvalue weighted by Crippen LogP contribution is -2.36. The number of ketones is 1. The highest BCUT2D eigenvalue weighted by Crippen LogP contribution is 2.48. The number of rotatable bonds is 4. The second-order valence-electron chi connectivity index (χ2n) is 5.96. The van der Waals surface area contributed by atoms with E-state index in [0.717, 1.165) is 6.42 Å². The lowest BCUT2D eigenvalue weighted by Gasteiger charge is -2.23. The standard InChI is InChI=1S/C17H17NO4/c1-9(19)10-4-6-13(7-5-10)18-16(20)14-11-2-3-12(8-11)15(14)17(21)22/h2-7,11-12,14-15H,8H2,1H3,(H,18,20)(H,21,22)/t11-,12+,14+,15+/m1/s1. The highest BCUT2D eigenvalue weighted by Gasteiger charge is 2.51. The SMILES string of the molecule is CC(=O)c1ccc(NC(=O)[C@@H]2[C@@H](C(=O)O)[C@H]3C=C[C@@H]2C3)cc1. The zero-order valence-electron chi connectivity index (χ0n) is 12.2.